The minimum atomic E-state index is -5.37. The molecule has 29 N–H and O–H groups in total. The Morgan fingerprint density at radius 1 is 0.390 bits per heavy atom. The summed E-state index contributed by atoms with van der Waals surface area (Å²) in [6, 6.07) is 0. The van der Waals surface area contributed by atoms with Crippen molar-refractivity contribution in [3.05, 3.63) is 105 Å². The summed E-state index contributed by atoms with van der Waals surface area (Å²) in [5.74, 6) is -3.36. The van der Waals surface area contributed by atoms with Crippen LogP contribution in [0.1, 0.15) is 56.9 Å². The largest absolute Gasteiger partial charge is 1.00 e. The number of aromatic nitrogens is 24. The Hall–Kier alpha value is -8.46. The van der Waals surface area contributed by atoms with E-state index in [1.807, 2.05) is 0 Å². The molecule has 9 aliphatic rings. The van der Waals surface area contributed by atoms with Gasteiger partial charge in [-0.3, -0.25) is 88.4 Å². The second kappa shape index (κ2) is 41.1. The van der Waals surface area contributed by atoms with E-state index in [9.17, 15) is 91.6 Å². The van der Waals surface area contributed by atoms with Gasteiger partial charge in [0.05, 0.1) is 120 Å². The van der Waals surface area contributed by atoms with Crippen LogP contribution in [-0.2, 0) is 110 Å². The number of anilines is 6. The number of imidazole rings is 6. The van der Waals surface area contributed by atoms with Gasteiger partial charge in [-0.25, -0.2) is 85.4 Å². The van der Waals surface area contributed by atoms with Gasteiger partial charge in [-0.2, -0.15) is 30.2 Å². The van der Waals surface area contributed by atoms with E-state index >= 15 is 8.78 Å². The van der Waals surface area contributed by atoms with Gasteiger partial charge in [0.15, 0.2) is 98.9 Å². The van der Waals surface area contributed by atoms with E-state index in [-0.39, 0.29) is 177 Å². The van der Waals surface area contributed by atoms with Crippen LogP contribution in [0.4, 0.5) is 44.1 Å². The van der Waals surface area contributed by atoms with Crippen LogP contribution in [0.5, 0.6) is 0 Å². The van der Waals surface area contributed by atoms with Gasteiger partial charge in [-0.15, -0.1) is 0 Å². The molecular weight excluding hydrogens is 2050 g/mol. The van der Waals surface area contributed by atoms with Crippen LogP contribution in [0, 0.1) is 11.8 Å². The molecule has 30 unspecified atom stereocenters. The number of rotatable bonds is 8. The normalized spacial score (nSPS) is 36.3. The molecule has 21 rings (SSSR count). The molecule has 0 aliphatic carbocycles. The van der Waals surface area contributed by atoms with Crippen molar-refractivity contribution in [1.82, 2.24) is 130 Å². The van der Waals surface area contributed by atoms with Gasteiger partial charge in [-0.1, -0.05) is 0 Å². The molecule has 79 heteroatoms. The van der Waals surface area contributed by atoms with Crippen molar-refractivity contribution in [2.75, 3.05) is 87.3 Å². The molecule has 69 nitrogen and oxygen atoms in total. The minimum Gasteiger partial charge on any atom is -1.00 e. The van der Waals surface area contributed by atoms with Crippen molar-refractivity contribution >= 4 is 133 Å². The van der Waals surface area contributed by atoms with Crippen LogP contribution in [0.2, 0.25) is 0 Å². The van der Waals surface area contributed by atoms with Crippen molar-refractivity contribution < 1.29 is 231 Å². The van der Waals surface area contributed by atoms with Crippen molar-refractivity contribution in [2.45, 2.75) is 135 Å². The van der Waals surface area contributed by atoms with Gasteiger partial charge >= 0.3 is 90.4 Å². The first-order chi connectivity index (χ1) is 65.0. The molecule has 141 heavy (non-hydrogen) atoms. The first-order valence-electron chi connectivity index (χ1n) is 39.7. The molecule has 6 bridgehead atoms. The van der Waals surface area contributed by atoms with Gasteiger partial charge in [-0.05, 0) is 0 Å². The maximum absolute atomic E-state index is 15.9. The number of halogens is 2. The Morgan fingerprint density at radius 2 is 0.688 bits per heavy atom. The summed E-state index contributed by atoms with van der Waals surface area (Å²) >= 11 is 0. The first kappa shape index (κ1) is 107. The predicted octanol–water partition coefficient (Wildman–Crippen LogP) is -11.8. The van der Waals surface area contributed by atoms with Crippen LogP contribution in [-0.4, -0.2) is 308 Å². The van der Waals surface area contributed by atoms with Crippen LogP contribution >= 0.6 is 46.9 Å². The zero-order chi connectivity index (χ0) is 96.9. The van der Waals surface area contributed by atoms with E-state index in [2.05, 4.69) is 90.1 Å². The molecule has 9 aliphatic heterocycles. The molecule has 21 heterocycles. The van der Waals surface area contributed by atoms with Crippen LogP contribution in [0.25, 0.3) is 50.4 Å². The Balaban J connectivity index is 0.000000176. The second-order valence-electron chi connectivity index (χ2n) is 31.0. The number of H-pyrrole nitrogens is 3. The summed E-state index contributed by atoms with van der Waals surface area (Å²) in [5, 5.41) is 54.5. The zero-order valence-electron chi connectivity index (χ0n) is 73.8. The van der Waals surface area contributed by atoms with E-state index in [4.69, 9.17) is 117 Å². The smallest absolute Gasteiger partial charge is 1.00 e. The number of hydrogen-bond donors (Lipinski definition) is 19. The van der Waals surface area contributed by atoms with Gasteiger partial charge in [0, 0.05) is 11.8 Å². The Bertz CT molecular complexity index is 6920. The maximum Gasteiger partial charge on any atom is 1.00 e. The van der Waals surface area contributed by atoms with E-state index in [0.717, 1.165) is 60.7 Å². The third-order valence-electron chi connectivity index (χ3n) is 22.7. The number of nitrogen functional groups attached to an aromatic ring is 6. The van der Waals surface area contributed by atoms with Gasteiger partial charge in [0.25, 0.3) is 32.3 Å². The van der Waals surface area contributed by atoms with Gasteiger partial charge in [0.1, 0.15) is 111 Å². The molecule has 9 fully saturated rings. The Labute approximate surface area is 826 Å². The number of aliphatic hydroxyl groups is 4. The van der Waals surface area contributed by atoms with Crippen LogP contribution in [0.3, 0.4) is 0 Å². The predicted molar refractivity (Wildman–Crippen MR) is 443 cm³/mol. The summed E-state index contributed by atoms with van der Waals surface area (Å²) < 4.78 is 215. The zero-order valence-corrected chi connectivity index (χ0v) is 81.2. The number of phosphoric acid groups is 6. The standard InChI is InChI=1S/2C21H25FN10O12P2.C20H24N10O13P2.2H3N.2Na.2H/c2*22-11-14(8-1-25-18-16(23)26-5-28-32(8)18)41-10-4-40-45(35,36)43-13-7(2-33)9(3-39-46(37,38)44-15(10)11)42-20(13)31-6-27-12-17(31)29-21(24)30-19(12)34;21-15-17-23-1-6(30(17)26-4-24-15)12-11(32)13-8(40-12)3-39-45(36,37)43-14-10(31)7(2-38-44(34,35)42-13)41-19(14)29-5-25-9-16(29)27-20(22)28-18(9)33;;;;;;/h2*1,5-7,9-11,13-15,20,33H,2-4H2,(H,35,36)(H,37,38)(H2,23,26,28)(H3,24,29,30,34);1,4-5,7-8,10-14,19,31-32H,2-3H2,(H,34,35)(H,36,37)(H2,21,24,26)(H3,22,27,28,33);2*1H3;;;;/q;;;;;2*+1;2*-1/p-2. The fraction of sp³-hybridized carbons (Fsp3) is 0.516. The monoisotopic (exact) mass is 2130 g/mol. The Morgan fingerprint density at radius 3 is 1.05 bits per heavy atom. The number of aliphatic hydroxyl groups excluding tert-OH is 4. The number of hydrogen-bond acceptors (Lipinski definition) is 56. The first-order valence-corrected chi connectivity index (χ1v) is 48.6. The fourth-order valence-electron chi connectivity index (χ4n) is 16.5. The van der Waals surface area contributed by atoms with E-state index < -0.39 is 263 Å². The van der Waals surface area contributed by atoms with E-state index in [0.29, 0.717) is 0 Å². The number of fused-ring (bicyclic) bond motifs is 15. The molecule has 0 saturated carbocycles. The molecule has 12 aromatic rings. The number of alkyl halides is 2. The van der Waals surface area contributed by atoms with Crippen LogP contribution < -0.4 is 132 Å². The summed E-state index contributed by atoms with van der Waals surface area (Å²) in [7, 11) is -31.2. The number of nitrogens with two attached hydrogens (primary N) is 6. The molecule has 0 aromatic carbocycles. The molecule has 12 aromatic heterocycles. The number of nitrogens with one attached hydrogen (secondary N) is 3. The van der Waals surface area contributed by atoms with E-state index in [1.54, 1.807) is 0 Å². The van der Waals surface area contributed by atoms with Crippen molar-refractivity contribution in [3.8, 4) is 0 Å². The maximum atomic E-state index is 15.9. The topological polar surface area (TPSA) is 1020 Å². The van der Waals surface area contributed by atoms with Crippen molar-refractivity contribution in [1.29, 1.82) is 0 Å². The van der Waals surface area contributed by atoms with Crippen LogP contribution in [0.15, 0.2) is 70.9 Å². The number of phosphoric ester groups is 6. The number of aromatic amines is 3. The molecular formula is C62H80F2N32Na2O37P6-2. The molecule has 758 valence electrons. The van der Waals surface area contributed by atoms with Gasteiger partial charge in [0.2, 0.25) is 17.8 Å². The third kappa shape index (κ3) is 20.8. The fourth-order valence-corrected chi connectivity index (χ4v) is 22.2. The Kier molecular flexibility index (Phi) is 31.1. The summed E-state index contributed by atoms with van der Waals surface area (Å²) in [5.41, 5.74) is 31.8. The average molecular weight is 2140 g/mol. The average Bonchev–Trinajstić information content (AvgIpc) is 1.59. The number of ether oxygens (including phenoxy) is 6. The molecule has 30 atom stereocenters. The SMILES string of the molecule is N.N.Nc1nc2c(ncn2C2OC3COP(=O)(O)OC4C(COP(=O)(O)OC2C3O)OC(c2cnc3c(N)ncnn23)C4O)c(=O)[nH]1.Nc1nc2c(ncn2C2OC3COP(=O)(O)OC4C(COP(=O)([O-])OC2C3CO)OC(c2cnc3c(N)ncnn23)C4F)c(=O)[nH]1.Nc1nc2c(ncn2C2OC3COP(=O)(O)OC4C(COP(=O)([O-])OC2C3CO)OC(c2cnc3c(N)ncnn23)C4F)c(=O)[nH]1.[H-].[H-].[Na+].[Na+]. The second-order valence-corrected chi connectivity index (χ2v) is 39.4. The quantitative estimate of drug-likeness (QED) is 0.0496. The summed E-state index contributed by atoms with van der Waals surface area (Å²) in [4.78, 5) is 160. The minimum absolute atomic E-state index is 0. The number of nitrogens with zero attached hydrogens (tertiary/aromatic N) is 21. The summed E-state index contributed by atoms with van der Waals surface area (Å²) in [6.07, 6.45) is -25.7. The van der Waals surface area contributed by atoms with Crippen molar-refractivity contribution in [2.24, 2.45) is 11.8 Å². The molecule has 0 amide bonds. The van der Waals surface area contributed by atoms with Gasteiger partial charge < -0.3 is 146 Å². The molecule has 0 spiro atoms. The third-order valence-corrected chi connectivity index (χ3v) is 28.6. The molecule has 0 radical (unpaired) electrons. The van der Waals surface area contributed by atoms with Crippen molar-refractivity contribution in [3.63, 3.8) is 0 Å². The molecule has 9 saturated heterocycles. The summed E-state index contributed by atoms with van der Waals surface area (Å²) in [6.45, 7) is -6.65. The van der Waals surface area contributed by atoms with E-state index in [1.165, 1.54) is 23.1 Å².